The van der Waals surface area contributed by atoms with E-state index in [0.29, 0.717) is 0 Å². The van der Waals surface area contributed by atoms with Crippen LogP contribution in [0.4, 0.5) is 5.95 Å². The molecule has 0 aliphatic rings. The van der Waals surface area contributed by atoms with Crippen LogP contribution in [-0.2, 0) is 0 Å². The molecule has 0 fully saturated rings. The summed E-state index contributed by atoms with van der Waals surface area (Å²) in [6.07, 6.45) is 0. The Hall–Kier alpha value is -5.99. The Bertz CT molecular complexity index is 2810. The van der Waals surface area contributed by atoms with Crippen LogP contribution in [0.15, 0.2) is 115 Å². The lowest BCUT2D eigenvalue weighted by atomic mass is 10.0. The Kier molecular flexibility index (Phi) is 3.94. The molecule has 42 heavy (non-hydrogen) atoms. The van der Waals surface area contributed by atoms with Gasteiger partial charge in [-0.3, -0.25) is 4.57 Å². The molecule has 0 amide bonds. The third-order valence-corrected chi connectivity index (χ3v) is 8.87. The highest BCUT2D eigenvalue weighted by Crippen LogP contribution is 2.47. The highest BCUT2D eigenvalue weighted by molar-refractivity contribution is 6.35. The maximum Gasteiger partial charge on any atom is 0.374 e. The van der Waals surface area contributed by atoms with Crippen LogP contribution in [0.3, 0.4) is 0 Å². The fraction of sp³-hybridized carbons (Fsp3) is 0. The molecule has 0 aliphatic carbocycles. The summed E-state index contributed by atoms with van der Waals surface area (Å²) in [5.74, 6) is 0.872. The van der Waals surface area contributed by atoms with Gasteiger partial charge in [0.25, 0.3) is 0 Å². The summed E-state index contributed by atoms with van der Waals surface area (Å²) < 4.78 is 4.72. The van der Waals surface area contributed by atoms with Gasteiger partial charge in [-0.15, -0.1) is 16.5 Å². The molecule has 0 radical (unpaired) electrons. The third kappa shape index (κ3) is 2.53. The lowest BCUT2D eigenvalue weighted by Gasteiger charge is -2.10. The van der Waals surface area contributed by atoms with Gasteiger partial charge in [0.2, 0.25) is 5.82 Å². The molecule has 5 nitrogen and oxygen atoms in total. The topological polar surface area (TPSA) is 39.5 Å². The summed E-state index contributed by atoms with van der Waals surface area (Å²) in [4.78, 5) is 13.2. The van der Waals surface area contributed by atoms with Crippen molar-refractivity contribution < 1.29 is 0 Å². The van der Waals surface area contributed by atoms with Crippen molar-refractivity contribution in [1.29, 1.82) is 0 Å². The van der Waals surface area contributed by atoms with Gasteiger partial charge in [0.1, 0.15) is 5.52 Å². The van der Waals surface area contributed by atoms with Gasteiger partial charge in [-0.25, -0.2) is 0 Å². The molecule has 0 spiro atoms. The van der Waals surface area contributed by atoms with E-state index >= 15 is 0 Å². The number of hydrogen-bond acceptors (Lipinski definition) is 2. The van der Waals surface area contributed by atoms with Gasteiger partial charge in [-0.05, 0) is 35.7 Å². The SMILES string of the molecule is [C-]#[N+]c1nc(-n2c3c4ccccc4ccc3c3cc4c5ccccc5n5c6ccccc6c(c32)c45)c2ccccc2n1. The molecule has 0 saturated heterocycles. The quantitative estimate of drug-likeness (QED) is 0.197. The summed E-state index contributed by atoms with van der Waals surface area (Å²) in [6, 6.07) is 40.7. The van der Waals surface area contributed by atoms with Crippen LogP contribution < -0.4 is 0 Å². The number of benzene rings is 6. The largest absolute Gasteiger partial charge is 0.394 e. The first-order valence-electron chi connectivity index (χ1n) is 14.0. The zero-order valence-corrected chi connectivity index (χ0v) is 22.2. The molecule has 6 aromatic carbocycles. The standard InChI is InChI=1S/C37H19N5/c1-38-37-39-29-15-7-4-13-25(29)36(40-37)42-33-22-11-3-2-10-21(22)18-19-24(33)28-20-27-23-12-5-8-16-30(23)41-31-17-9-6-14-26(31)32(34(27)41)35(28)42/h2-20H. The molecule has 192 valence electrons. The Morgan fingerprint density at radius 2 is 1.19 bits per heavy atom. The van der Waals surface area contributed by atoms with Crippen molar-refractivity contribution in [3.05, 3.63) is 127 Å². The molecule has 0 aliphatic heterocycles. The van der Waals surface area contributed by atoms with E-state index in [1.807, 2.05) is 18.2 Å². The number of nitrogens with zero attached hydrogens (tertiary/aromatic N) is 5. The van der Waals surface area contributed by atoms with Crippen molar-refractivity contribution in [2.45, 2.75) is 0 Å². The molecule has 0 N–H and O–H groups in total. The Balaban J connectivity index is 1.59. The van der Waals surface area contributed by atoms with Gasteiger partial charge < -0.3 is 9.25 Å². The summed E-state index contributed by atoms with van der Waals surface area (Å²) in [5.41, 5.74) is 6.55. The predicted molar refractivity (Wildman–Crippen MR) is 172 cm³/mol. The van der Waals surface area contributed by atoms with Gasteiger partial charge in [0, 0.05) is 37.7 Å². The van der Waals surface area contributed by atoms with E-state index in [2.05, 4.69) is 116 Å². The summed E-state index contributed by atoms with van der Waals surface area (Å²) >= 11 is 0. The second kappa shape index (κ2) is 7.60. The monoisotopic (exact) mass is 533 g/mol. The molecule has 0 saturated carbocycles. The maximum atomic E-state index is 7.84. The summed E-state index contributed by atoms with van der Waals surface area (Å²) in [6.45, 7) is 7.84. The fourth-order valence-corrected chi connectivity index (χ4v) is 7.25. The first-order valence-corrected chi connectivity index (χ1v) is 14.0. The molecule has 0 bridgehead atoms. The molecular formula is C37H19N5. The van der Waals surface area contributed by atoms with Crippen molar-refractivity contribution in [2.24, 2.45) is 0 Å². The van der Waals surface area contributed by atoms with Crippen molar-refractivity contribution in [3.63, 3.8) is 0 Å². The van der Waals surface area contributed by atoms with Crippen molar-refractivity contribution in [1.82, 2.24) is 18.9 Å². The van der Waals surface area contributed by atoms with Crippen LogP contribution >= 0.6 is 0 Å². The number of aromatic nitrogens is 4. The number of rotatable bonds is 1. The van der Waals surface area contributed by atoms with Gasteiger partial charge in [-0.1, -0.05) is 84.9 Å². The molecule has 0 atom stereocenters. The zero-order valence-electron chi connectivity index (χ0n) is 22.2. The molecule has 10 rings (SSSR count). The van der Waals surface area contributed by atoms with Gasteiger partial charge in [0.15, 0.2) is 0 Å². The Morgan fingerprint density at radius 3 is 2.02 bits per heavy atom. The zero-order chi connectivity index (χ0) is 27.5. The second-order valence-corrected chi connectivity index (χ2v) is 10.9. The molecule has 10 aromatic rings. The van der Waals surface area contributed by atoms with Crippen molar-refractivity contribution in [2.75, 3.05) is 0 Å². The molecule has 4 heterocycles. The fourth-order valence-electron chi connectivity index (χ4n) is 7.25. The van der Waals surface area contributed by atoms with E-state index in [4.69, 9.17) is 11.6 Å². The van der Waals surface area contributed by atoms with Crippen molar-refractivity contribution >= 4 is 87.5 Å². The number of fused-ring (bicyclic) bond motifs is 13. The molecule has 4 aromatic heterocycles. The average Bonchev–Trinajstić information content (AvgIpc) is 3.68. The van der Waals surface area contributed by atoms with Crippen LogP contribution in [0, 0.1) is 6.57 Å². The first kappa shape index (κ1) is 21.8. The van der Waals surface area contributed by atoms with Gasteiger partial charge in [0.05, 0.1) is 33.0 Å². The second-order valence-electron chi connectivity index (χ2n) is 10.9. The lowest BCUT2D eigenvalue weighted by molar-refractivity contribution is 1.09. The van der Waals surface area contributed by atoms with E-state index in [1.54, 1.807) is 0 Å². The number of para-hydroxylation sites is 3. The molecule has 0 unspecified atom stereocenters. The first-order chi connectivity index (χ1) is 20.8. The lowest BCUT2D eigenvalue weighted by Crippen LogP contribution is -2.01. The van der Waals surface area contributed by atoms with E-state index < -0.39 is 0 Å². The highest BCUT2D eigenvalue weighted by atomic mass is 15.1. The van der Waals surface area contributed by atoms with Crippen LogP contribution in [0.2, 0.25) is 0 Å². The maximum absolute atomic E-state index is 7.84. The smallest absolute Gasteiger partial charge is 0.374 e. The van der Waals surface area contributed by atoms with Gasteiger partial charge >= 0.3 is 5.95 Å². The van der Waals surface area contributed by atoms with E-state index in [0.717, 1.165) is 43.9 Å². The summed E-state index contributed by atoms with van der Waals surface area (Å²) in [5, 5.41) is 10.4. The minimum Gasteiger partial charge on any atom is -0.394 e. The minimum absolute atomic E-state index is 0.144. The van der Waals surface area contributed by atoms with Crippen LogP contribution in [-0.4, -0.2) is 18.9 Å². The number of hydrogen-bond donors (Lipinski definition) is 0. The average molecular weight is 534 g/mol. The molecule has 5 heteroatoms. The van der Waals surface area contributed by atoms with E-state index in [1.165, 1.54) is 43.5 Å². The predicted octanol–water partition coefficient (Wildman–Crippen LogP) is 9.58. The van der Waals surface area contributed by atoms with Crippen molar-refractivity contribution in [3.8, 4) is 5.82 Å². The Labute approximate surface area is 238 Å². The van der Waals surface area contributed by atoms with Crippen LogP contribution in [0.5, 0.6) is 0 Å². The molecular weight excluding hydrogens is 514 g/mol. The minimum atomic E-state index is 0.144. The van der Waals surface area contributed by atoms with E-state index in [9.17, 15) is 0 Å². The third-order valence-electron chi connectivity index (χ3n) is 8.87. The highest BCUT2D eigenvalue weighted by Gasteiger charge is 2.27. The normalized spacial score (nSPS) is 12.3. The van der Waals surface area contributed by atoms with E-state index in [-0.39, 0.29) is 5.95 Å². The van der Waals surface area contributed by atoms with Crippen LogP contribution in [0.1, 0.15) is 0 Å². The Morgan fingerprint density at radius 1 is 0.524 bits per heavy atom. The van der Waals surface area contributed by atoms with Crippen LogP contribution in [0.25, 0.3) is 92.2 Å². The summed E-state index contributed by atoms with van der Waals surface area (Å²) in [7, 11) is 0. The van der Waals surface area contributed by atoms with Gasteiger partial charge in [-0.2, -0.15) is 0 Å².